The van der Waals surface area contributed by atoms with E-state index in [4.69, 9.17) is 4.74 Å². The number of carbonyl (C=O) groups is 2. The summed E-state index contributed by atoms with van der Waals surface area (Å²) < 4.78 is 11.6. The van der Waals surface area contributed by atoms with Crippen LogP contribution in [0.2, 0.25) is 0 Å². The van der Waals surface area contributed by atoms with Gasteiger partial charge in [0.05, 0.1) is 7.11 Å². The first-order chi connectivity index (χ1) is 12.9. The number of ether oxygens (including phenoxy) is 2. The van der Waals surface area contributed by atoms with Gasteiger partial charge in [-0.15, -0.1) is 0 Å². The number of hydrogen-bond donors (Lipinski definition) is 1. The molecule has 6 nitrogen and oxygen atoms in total. The maximum Gasteiger partial charge on any atom is 0.343 e. The zero-order chi connectivity index (χ0) is 19.8. The fraction of sp³-hybridized carbons (Fsp3) is 0.105. The molecule has 0 atom stereocenters. The molecule has 0 radical (unpaired) electrons. The molecule has 0 heterocycles. The Morgan fingerprint density at radius 1 is 1.15 bits per heavy atom. The van der Waals surface area contributed by atoms with Crippen LogP contribution in [-0.2, 0) is 14.3 Å². The fourth-order valence-corrected chi connectivity index (χ4v) is 2.64. The van der Waals surface area contributed by atoms with Crippen molar-refractivity contribution in [1.82, 2.24) is 0 Å². The Morgan fingerprint density at radius 3 is 2.44 bits per heavy atom. The van der Waals surface area contributed by atoms with E-state index in [2.05, 4.69) is 41.9 Å². The number of halogens is 2. The highest BCUT2D eigenvalue weighted by atomic mass is 79.9. The molecule has 0 aliphatic rings. The minimum absolute atomic E-state index is 0.112. The summed E-state index contributed by atoms with van der Waals surface area (Å²) in [4.78, 5) is 23.7. The lowest BCUT2D eigenvalue weighted by atomic mass is 10.1. The lowest BCUT2D eigenvalue weighted by Gasteiger charge is -2.09. The molecule has 1 amide bonds. The van der Waals surface area contributed by atoms with Gasteiger partial charge < -0.3 is 14.8 Å². The number of nitriles is 1. The van der Waals surface area contributed by atoms with E-state index in [1.165, 1.54) is 13.2 Å². The van der Waals surface area contributed by atoms with Crippen LogP contribution in [0.15, 0.2) is 57.0 Å². The van der Waals surface area contributed by atoms with E-state index in [1.807, 2.05) is 6.07 Å². The summed E-state index contributed by atoms with van der Waals surface area (Å²) in [5.41, 5.74) is 0.912. The minimum atomic E-state index is -0.557. The van der Waals surface area contributed by atoms with E-state index < -0.39 is 11.9 Å². The Bertz CT molecular complexity index is 918. The van der Waals surface area contributed by atoms with Crippen molar-refractivity contribution in [1.29, 1.82) is 5.26 Å². The first-order valence-corrected chi connectivity index (χ1v) is 9.19. The van der Waals surface area contributed by atoms with Gasteiger partial charge in [0, 0.05) is 20.2 Å². The van der Waals surface area contributed by atoms with Gasteiger partial charge in [-0.3, -0.25) is 4.79 Å². The number of rotatable bonds is 6. The molecular weight excluding hydrogens is 480 g/mol. The normalized spacial score (nSPS) is 10.7. The Balaban J connectivity index is 2.26. The molecule has 0 unspecified atom stereocenters. The van der Waals surface area contributed by atoms with Gasteiger partial charge >= 0.3 is 5.97 Å². The lowest BCUT2D eigenvalue weighted by molar-refractivity contribution is -0.142. The third-order valence-electron chi connectivity index (χ3n) is 3.31. The molecule has 0 spiro atoms. The lowest BCUT2D eigenvalue weighted by Crippen LogP contribution is -2.14. The molecule has 138 valence electrons. The summed E-state index contributed by atoms with van der Waals surface area (Å²) in [6.07, 6.45) is 1.39. The molecule has 0 saturated carbocycles. The van der Waals surface area contributed by atoms with E-state index in [1.54, 1.807) is 42.5 Å². The molecule has 0 bridgehead atoms. The minimum Gasteiger partial charge on any atom is -0.481 e. The van der Waals surface area contributed by atoms with Crippen LogP contribution in [0.3, 0.4) is 0 Å². The van der Waals surface area contributed by atoms with Crippen LogP contribution in [0.4, 0.5) is 5.69 Å². The molecule has 0 fully saturated rings. The van der Waals surface area contributed by atoms with Crippen LogP contribution in [0.1, 0.15) is 5.56 Å². The molecule has 0 aliphatic carbocycles. The SMILES string of the molecule is COC(=O)COc1ccc(Br)cc1/C=C(\C#N)C(=O)Nc1ccc(Br)cc1. The topological polar surface area (TPSA) is 88.4 Å². The van der Waals surface area contributed by atoms with Crippen LogP contribution in [0.25, 0.3) is 6.08 Å². The highest BCUT2D eigenvalue weighted by Gasteiger charge is 2.13. The van der Waals surface area contributed by atoms with Crippen molar-refractivity contribution in [2.75, 3.05) is 19.0 Å². The molecule has 0 aliphatic heterocycles. The quantitative estimate of drug-likeness (QED) is 0.368. The van der Waals surface area contributed by atoms with Gasteiger partial charge in [-0.25, -0.2) is 4.79 Å². The Labute approximate surface area is 173 Å². The predicted octanol–water partition coefficient (Wildman–Crippen LogP) is 4.31. The molecule has 8 heteroatoms. The zero-order valence-electron chi connectivity index (χ0n) is 14.2. The van der Waals surface area contributed by atoms with E-state index in [0.29, 0.717) is 17.0 Å². The number of methoxy groups -OCH3 is 1. The zero-order valence-corrected chi connectivity index (χ0v) is 17.3. The second-order valence-electron chi connectivity index (χ2n) is 5.18. The van der Waals surface area contributed by atoms with Gasteiger partial charge in [0.15, 0.2) is 6.61 Å². The summed E-state index contributed by atoms with van der Waals surface area (Å²) in [5, 5.41) is 12.0. The van der Waals surface area contributed by atoms with Crippen molar-refractivity contribution in [2.45, 2.75) is 0 Å². The Hall–Kier alpha value is -2.63. The summed E-state index contributed by atoms with van der Waals surface area (Å²) in [7, 11) is 1.26. The molecule has 2 aromatic rings. The molecule has 2 aromatic carbocycles. The molecule has 2 rings (SSSR count). The fourth-order valence-electron chi connectivity index (χ4n) is 1.99. The number of amides is 1. The number of nitrogens with one attached hydrogen (secondary N) is 1. The molecule has 0 saturated heterocycles. The molecule has 27 heavy (non-hydrogen) atoms. The van der Waals surface area contributed by atoms with Crippen LogP contribution in [-0.4, -0.2) is 25.6 Å². The summed E-state index contributed by atoms with van der Waals surface area (Å²) in [6, 6.07) is 13.9. The van der Waals surface area contributed by atoms with Crippen molar-refractivity contribution in [3.8, 4) is 11.8 Å². The number of anilines is 1. The number of esters is 1. The maximum atomic E-state index is 12.4. The Kier molecular flexibility index (Phi) is 7.58. The summed E-state index contributed by atoms with van der Waals surface area (Å²) >= 11 is 6.65. The van der Waals surface area contributed by atoms with Crippen molar-refractivity contribution in [2.24, 2.45) is 0 Å². The van der Waals surface area contributed by atoms with Crippen LogP contribution in [0.5, 0.6) is 5.75 Å². The van der Waals surface area contributed by atoms with E-state index in [0.717, 1.165) is 8.95 Å². The number of carbonyl (C=O) groups excluding carboxylic acids is 2. The largest absolute Gasteiger partial charge is 0.481 e. The second-order valence-corrected chi connectivity index (χ2v) is 7.01. The first-order valence-electron chi connectivity index (χ1n) is 7.61. The van der Waals surface area contributed by atoms with Gasteiger partial charge in [-0.05, 0) is 48.5 Å². The maximum absolute atomic E-state index is 12.4. The predicted molar refractivity (Wildman–Crippen MR) is 108 cm³/mol. The number of benzene rings is 2. The van der Waals surface area contributed by atoms with Gasteiger partial charge in [0.1, 0.15) is 17.4 Å². The van der Waals surface area contributed by atoms with Crippen molar-refractivity contribution in [3.05, 3.63) is 62.5 Å². The van der Waals surface area contributed by atoms with Crippen LogP contribution in [0, 0.1) is 11.3 Å². The molecule has 1 N–H and O–H groups in total. The van der Waals surface area contributed by atoms with Crippen molar-refractivity contribution >= 4 is 55.5 Å². The van der Waals surface area contributed by atoms with Gasteiger partial charge in [0.25, 0.3) is 5.91 Å². The monoisotopic (exact) mass is 492 g/mol. The van der Waals surface area contributed by atoms with Crippen LogP contribution < -0.4 is 10.1 Å². The summed E-state index contributed by atoms with van der Waals surface area (Å²) in [6.45, 7) is -0.286. The van der Waals surface area contributed by atoms with E-state index >= 15 is 0 Å². The molecule has 0 aromatic heterocycles. The van der Waals surface area contributed by atoms with E-state index in [-0.39, 0.29) is 12.2 Å². The van der Waals surface area contributed by atoms with Gasteiger partial charge in [0.2, 0.25) is 0 Å². The summed E-state index contributed by atoms with van der Waals surface area (Å²) in [5.74, 6) is -0.757. The Morgan fingerprint density at radius 2 is 1.81 bits per heavy atom. The highest BCUT2D eigenvalue weighted by Crippen LogP contribution is 2.26. The average Bonchev–Trinajstić information content (AvgIpc) is 2.66. The second kappa shape index (κ2) is 9.90. The van der Waals surface area contributed by atoms with Crippen LogP contribution >= 0.6 is 31.9 Å². The third kappa shape index (κ3) is 6.24. The standard InChI is InChI=1S/C19H14Br2N2O4/c1-26-18(24)11-27-17-7-4-15(21)9-12(17)8-13(10-22)19(25)23-16-5-2-14(20)3-6-16/h2-9H,11H2,1H3,(H,23,25)/b13-8+. The van der Waals surface area contributed by atoms with Gasteiger partial charge in [-0.1, -0.05) is 31.9 Å². The number of nitrogens with zero attached hydrogens (tertiary/aromatic N) is 1. The average molecular weight is 494 g/mol. The molecular formula is C19H14Br2N2O4. The van der Waals surface area contributed by atoms with E-state index in [9.17, 15) is 14.9 Å². The third-order valence-corrected chi connectivity index (χ3v) is 4.33. The van der Waals surface area contributed by atoms with Gasteiger partial charge in [-0.2, -0.15) is 5.26 Å². The van der Waals surface area contributed by atoms with Crippen molar-refractivity contribution < 1.29 is 19.1 Å². The number of hydrogen-bond acceptors (Lipinski definition) is 5. The first kappa shape index (κ1) is 20.7. The highest BCUT2D eigenvalue weighted by molar-refractivity contribution is 9.10. The smallest absolute Gasteiger partial charge is 0.343 e. The van der Waals surface area contributed by atoms with Crippen molar-refractivity contribution in [3.63, 3.8) is 0 Å².